The number of aromatic amines is 1. The number of methoxy groups -OCH3 is 1. The molecule has 1 fully saturated rings. The summed E-state index contributed by atoms with van der Waals surface area (Å²) in [5.41, 5.74) is 4.50. The van der Waals surface area contributed by atoms with Crippen LogP contribution in [0.3, 0.4) is 0 Å². The van der Waals surface area contributed by atoms with E-state index in [0.717, 1.165) is 33.1 Å². The van der Waals surface area contributed by atoms with Crippen LogP contribution in [0.1, 0.15) is 18.9 Å². The molecule has 1 saturated heterocycles. The first-order valence-corrected chi connectivity index (χ1v) is 11.0. The highest BCUT2D eigenvalue weighted by Gasteiger charge is 2.28. The SMILES string of the molecule is COC(=O)N1CCC(n2c(=O)n(C)c3cnc4cnc(-c5cnc6[nH]ncc6c5)cc4c32)CC1. The van der Waals surface area contributed by atoms with Crippen LogP contribution < -0.4 is 5.69 Å². The summed E-state index contributed by atoms with van der Waals surface area (Å²) in [5, 5.41) is 8.63. The molecule has 0 aliphatic carbocycles. The Bertz CT molecular complexity index is 1620. The Hall–Kier alpha value is -4.28. The van der Waals surface area contributed by atoms with Gasteiger partial charge in [-0.25, -0.2) is 14.6 Å². The fourth-order valence-electron chi connectivity index (χ4n) is 4.84. The third-order valence-electron chi connectivity index (χ3n) is 6.65. The van der Waals surface area contributed by atoms with Crippen molar-refractivity contribution in [3.63, 3.8) is 0 Å². The van der Waals surface area contributed by atoms with Crippen molar-refractivity contribution in [1.82, 2.24) is 39.2 Å². The Morgan fingerprint density at radius 2 is 1.91 bits per heavy atom. The number of pyridine rings is 3. The number of ether oxygens (including phenoxy) is 1. The van der Waals surface area contributed by atoms with Crippen LogP contribution in [0, 0.1) is 0 Å². The fraction of sp³-hybridized carbons (Fsp3) is 0.304. The van der Waals surface area contributed by atoms with Crippen molar-refractivity contribution in [3.05, 3.63) is 47.4 Å². The Labute approximate surface area is 193 Å². The van der Waals surface area contributed by atoms with Crippen molar-refractivity contribution in [2.45, 2.75) is 18.9 Å². The van der Waals surface area contributed by atoms with E-state index in [1.54, 1.807) is 41.3 Å². The van der Waals surface area contributed by atoms with Crippen LogP contribution in [0.2, 0.25) is 0 Å². The number of fused-ring (bicyclic) bond motifs is 4. The van der Waals surface area contributed by atoms with E-state index in [2.05, 4.69) is 25.1 Å². The molecule has 172 valence electrons. The van der Waals surface area contributed by atoms with Crippen molar-refractivity contribution in [2.24, 2.45) is 7.05 Å². The largest absolute Gasteiger partial charge is 0.453 e. The van der Waals surface area contributed by atoms with Gasteiger partial charge in [-0.3, -0.25) is 24.2 Å². The van der Waals surface area contributed by atoms with Crippen LogP contribution in [0.15, 0.2) is 41.7 Å². The molecule has 6 rings (SSSR count). The molecule has 1 amide bonds. The van der Waals surface area contributed by atoms with Crippen molar-refractivity contribution >= 4 is 39.1 Å². The van der Waals surface area contributed by atoms with E-state index in [-0.39, 0.29) is 17.8 Å². The zero-order valence-electron chi connectivity index (χ0n) is 18.7. The maximum absolute atomic E-state index is 13.3. The number of aryl methyl sites for hydroxylation is 1. The number of aromatic nitrogens is 7. The van der Waals surface area contributed by atoms with E-state index in [9.17, 15) is 9.59 Å². The van der Waals surface area contributed by atoms with Gasteiger partial charge in [-0.15, -0.1) is 0 Å². The summed E-state index contributed by atoms with van der Waals surface area (Å²) in [4.78, 5) is 40.5. The van der Waals surface area contributed by atoms with E-state index in [0.29, 0.717) is 37.1 Å². The number of nitrogens with one attached hydrogen (secondary N) is 1. The number of rotatable bonds is 2. The molecular formula is C23H22N8O3. The van der Waals surface area contributed by atoms with E-state index in [1.165, 1.54) is 7.11 Å². The first kappa shape index (κ1) is 20.3. The fourth-order valence-corrected chi connectivity index (χ4v) is 4.84. The number of likely N-dealkylation sites (tertiary alicyclic amines) is 1. The number of piperidine rings is 1. The lowest BCUT2D eigenvalue weighted by Crippen LogP contribution is -2.40. The van der Waals surface area contributed by atoms with Crippen molar-refractivity contribution < 1.29 is 9.53 Å². The second-order valence-corrected chi connectivity index (χ2v) is 8.51. The van der Waals surface area contributed by atoms with Crippen LogP contribution in [0.5, 0.6) is 0 Å². The molecule has 0 unspecified atom stereocenters. The first-order valence-electron chi connectivity index (χ1n) is 11.0. The van der Waals surface area contributed by atoms with Gasteiger partial charge in [0.05, 0.1) is 47.9 Å². The maximum atomic E-state index is 13.3. The van der Waals surface area contributed by atoms with Gasteiger partial charge in [0.15, 0.2) is 5.65 Å². The molecule has 11 heteroatoms. The predicted octanol–water partition coefficient (Wildman–Crippen LogP) is 2.62. The number of carbonyl (C=O) groups is 1. The lowest BCUT2D eigenvalue weighted by molar-refractivity contribution is 0.107. The molecule has 0 aromatic carbocycles. The van der Waals surface area contributed by atoms with Gasteiger partial charge in [-0.05, 0) is 25.0 Å². The summed E-state index contributed by atoms with van der Waals surface area (Å²) in [6.07, 6.45) is 7.92. The third-order valence-corrected chi connectivity index (χ3v) is 6.65. The Kier molecular flexibility index (Phi) is 4.57. The summed E-state index contributed by atoms with van der Waals surface area (Å²) >= 11 is 0. The first-order chi connectivity index (χ1) is 16.5. The van der Waals surface area contributed by atoms with Crippen LogP contribution in [-0.4, -0.2) is 65.5 Å². The molecule has 34 heavy (non-hydrogen) atoms. The summed E-state index contributed by atoms with van der Waals surface area (Å²) in [5.74, 6) is 0. The minimum Gasteiger partial charge on any atom is -0.453 e. The van der Waals surface area contributed by atoms with Gasteiger partial charge >= 0.3 is 11.8 Å². The summed E-state index contributed by atoms with van der Waals surface area (Å²) < 4.78 is 8.34. The Morgan fingerprint density at radius 1 is 1.09 bits per heavy atom. The smallest absolute Gasteiger partial charge is 0.409 e. The quantitative estimate of drug-likeness (QED) is 0.431. The number of H-pyrrole nitrogens is 1. The molecule has 1 aliphatic rings. The number of carbonyl (C=O) groups excluding carboxylic acids is 1. The van der Waals surface area contributed by atoms with Crippen molar-refractivity contribution in [1.29, 1.82) is 0 Å². The van der Waals surface area contributed by atoms with Crippen LogP contribution in [-0.2, 0) is 11.8 Å². The molecule has 0 spiro atoms. The Balaban J connectivity index is 1.50. The molecule has 0 atom stereocenters. The van der Waals surface area contributed by atoms with Gasteiger partial charge in [0.25, 0.3) is 0 Å². The predicted molar refractivity (Wildman–Crippen MR) is 125 cm³/mol. The third kappa shape index (κ3) is 3.04. The van der Waals surface area contributed by atoms with Gasteiger partial charge in [0.1, 0.15) is 0 Å². The number of imidazole rings is 1. The number of amides is 1. The molecule has 1 aliphatic heterocycles. The molecule has 0 bridgehead atoms. The molecular weight excluding hydrogens is 436 g/mol. The zero-order valence-corrected chi connectivity index (χ0v) is 18.7. The minimum absolute atomic E-state index is 0.0386. The second kappa shape index (κ2) is 7.65. The van der Waals surface area contributed by atoms with Gasteiger partial charge in [0.2, 0.25) is 0 Å². The summed E-state index contributed by atoms with van der Waals surface area (Å²) in [7, 11) is 3.14. The van der Waals surface area contributed by atoms with E-state index >= 15 is 0 Å². The molecule has 5 aromatic rings. The highest BCUT2D eigenvalue weighted by Crippen LogP contribution is 2.31. The normalized spacial score (nSPS) is 14.9. The molecule has 5 aromatic heterocycles. The van der Waals surface area contributed by atoms with E-state index in [1.807, 2.05) is 16.7 Å². The molecule has 1 N–H and O–H groups in total. The number of hydrogen-bond donors (Lipinski definition) is 1. The lowest BCUT2D eigenvalue weighted by atomic mass is 10.0. The van der Waals surface area contributed by atoms with Crippen LogP contribution in [0.25, 0.3) is 44.2 Å². The minimum atomic E-state index is -0.336. The molecule has 0 saturated carbocycles. The number of hydrogen-bond acceptors (Lipinski definition) is 7. The van der Waals surface area contributed by atoms with Crippen molar-refractivity contribution in [2.75, 3.05) is 20.2 Å². The summed E-state index contributed by atoms with van der Waals surface area (Å²) in [6, 6.07) is 3.91. The van der Waals surface area contributed by atoms with Gasteiger partial charge in [-0.2, -0.15) is 5.10 Å². The van der Waals surface area contributed by atoms with E-state index in [4.69, 9.17) is 4.74 Å². The van der Waals surface area contributed by atoms with Gasteiger partial charge in [-0.1, -0.05) is 0 Å². The van der Waals surface area contributed by atoms with Crippen LogP contribution in [0.4, 0.5) is 4.79 Å². The Morgan fingerprint density at radius 3 is 2.71 bits per heavy atom. The van der Waals surface area contributed by atoms with E-state index < -0.39 is 0 Å². The highest BCUT2D eigenvalue weighted by atomic mass is 16.5. The standard InChI is InChI=1S/C23H22N8O3/c1-29-19-12-25-18-11-24-17(13-7-14-10-27-28-21(14)26-9-13)8-16(18)20(19)31(22(29)32)15-3-5-30(6-4-15)23(33)34-2/h7-12,15H,3-6H2,1-2H3,(H,26,27,28). The maximum Gasteiger partial charge on any atom is 0.409 e. The average Bonchev–Trinajstić information content (AvgIpc) is 3.45. The monoisotopic (exact) mass is 458 g/mol. The van der Waals surface area contributed by atoms with Gasteiger partial charge in [0, 0.05) is 48.7 Å². The van der Waals surface area contributed by atoms with Crippen LogP contribution >= 0.6 is 0 Å². The van der Waals surface area contributed by atoms with Gasteiger partial charge < -0.3 is 9.64 Å². The molecule has 6 heterocycles. The lowest BCUT2D eigenvalue weighted by Gasteiger charge is -2.31. The summed E-state index contributed by atoms with van der Waals surface area (Å²) in [6.45, 7) is 1.07. The zero-order chi connectivity index (χ0) is 23.4. The topological polar surface area (TPSA) is 124 Å². The molecule has 11 nitrogen and oxygen atoms in total. The highest BCUT2D eigenvalue weighted by molar-refractivity contribution is 6.03. The number of nitrogens with zero attached hydrogens (tertiary/aromatic N) is 7. The van der Waals surface area contributed by atoms with Crippen molar-refractivity contribution in [3.8, 4) is 11.3 Å². The average molecular weight is 458 g/mol. The molecule has 0 radical (unpaired) electrons. The second-order valence-electron chi connectivity index (χ2n) is 8.51.